The first-order valence-corrected chi connectivity index (χ1v) is 9.52. The summed E-state index contributed by atoms with van der Waals surface area (Å²) in [4.78, 5) is 20.0. The van der Waals surface area contributed by atoms with Gasteiger partial charge in [0, 0.05) is 24.6 Å². The van der Waals surface area contributed by atoms with Crippen molar-refractivity contribution in [2.75, 3.05) is 24.7 Å². The lowest BCUT2D eigenvalue weighted by Crippen LogP contribution is -2.43. The Balaban J connectivity index is 1.33. The molecule has 1 saturated carbocycles. The van der Waals surface area contributed by atoms with Crippen molar-refractivity contribution in [1.29, 1.82) is 0 Å². The lowest BCUT2D eigenvalue weighted by Gasteiger charge is -2.35. The van der Waals surface area contributed by atoms with Gasteiger partial charge < -0.3 is 19.2 Å². The van der Waals surface area contributed by atoms with Gasteiger partial charge in [-0.1, -0.05) is 23.4 Å². The molecular formula is C20H26N2O4. The fourth-order valence-electron chi connectivity index (χ4n) is 4.11. The third-order valence-electron chi connectivity index (χ3n) is 5.58. The van der Waals surface area contributed by atoms with Crippen LogP contribution in [0.2, 0.25) is 0 Å². The second-order valence-electron chi connectivity index (χ2n) is 7.32. The third-order valence-corrected chi connectivity index (χ3v) is 5.58. The first kappa shape index (κ1) is 17.5. The van der Waals surface area contributed by atoms with Gasteiger partial charge in [-0.2, -0.15) is 0 Å². The second kappa shape index (κ2) is 7.37. The van der Waals surface area contributed by atoms with E-state index in [1.807, 2.05) is 23.1 Å². The van der Waals surface area contributed by atoms with Crippen molar-refractivity contribution in [2.24, 2.45) is 5.16 Å². The van der Waals surface area contributed by atoms with Crippen molar-refractivity contribution in [3.8, 4) is 0 Å². The molecule has 6 nitrogen and oxygen atoms in total. The number of nitrogens with zero attached hydrogens (tertiary/aromatic N) is 2. The van der Waals surface area contributed by atoms with E-state index in [2.05, 4.69) is 18.1 Å². The molecule has 140 valence electrons. The Labute approximate surface area is 154 Å². The summed E-state index contributed by atoms with van der Waals surface area (Å²) >= 11 is 0. The lowest BCUT2D eigenvalue weighted by atomic mass is 9.92. The number of ether oxygens (including phenoxy) is 2. The summed E-state index contributed by atoms with van der Waals surface area (Å²) in [6, 6.07) is 8.28. The number of aryl methyl sites for hydroxylation is 1. The van der Waals surface area contributed by atoms with Crippen LogP contribution in [0.3, 0.4) is 0 Å². The summed E-state index contributed by atoms with van der Waals surface area (Å²) in [5.74, 6) is -0.439. The van der Waals surface area contributed by atoms with Crippen molar-refractivity contribution in [3.63, 3.8) is 0 Å². The number of amides is 1. The Bertz CT molecular complexity index is 685. The number of hydrogen-bond donors (Lipinski definition) is 0. The second-order valence-corrected chi connectivity index (χ2v) is 7.32. The minimum Gasteiger partial charge on any atom is -0.386 e. The molecule has 1 atom stereocenters. The normalized spacial score (nSPS) is 24.4. The topological polar surface area (TPSA) is 60.4 Å². The Hall–Kier alpha value is -1.92. The zero-order chi connectivity index (χ0) is 18.0. The minimum atomic E-state index is -0.401. The molecule has 0 N–H and O–H groups in total. The molecule has 1 aromatic carbocycles. The SMILES string of the molecule is C[C@@H]1CCc2ccccc2N1C(=O)CON=C1CCC2(CC1)OCCO2. The lowest BCUT2D eigenvalue weighted by molar-refractivity contribution is -0.168. The van der Waals surface area contributed by atoms with Crippen LogP contribution in [0.25, 0.3) is 0 Å². The Kier molecular flexibility index (Phi) is 4.96. The highest BCUT2D eigenvalue weighted by atomic mass is 16.7. The number of rotatable bonds is 3. The molecule has 2 heterocycles. The summed E-state index contributed by atoms with van der Waals surface area (Å²) in [5, 5.41) is 4.21. The number of carbonyl (C=O) groups is 1. The zero-order valence-electron chi connectivity index (χ0n) is 15.3. The predicted octanol–water partition coefficient (Wildman–Crippen LogP) is 3.04. The summed E-state index contributed by atoms with van der Waals surface area (Å²) < 4.78 is 11.4. The molecule has 26 heavy (non-hydrogen) atoms. The first-order chi connectivity index (χ1) is 12.7. The molecule has 2 fully saturated rings. The Morgan fingerprint density at radius 3 is 2.73 bits per heavy atom. The number of fused-ring (bicyclic) bond motifs is 1. The number of oxime groups is 1. The summed E-state index contributed by atoms with van der Waals surface area (Å²) in [5.41, 5.74) is 3.21. The van der Waals surface area contributed by atoms with Gasteiger partial charge in [0.1, 0.15) is 0 Å². The third kappa shape index (κ3) is 3.48. The molecule has 0 unspecified atom stereocenters. The van der Waals surface area contributed by atoms with Crippen molar-refractivity contribution < 1.29 is 19.1 Å². The monoisotopic (exact) mass is 358 g/mol. The van der Waals surface area contributed by atoms with Crippen LogP contribution < -0.4 is 4.90 Å². The Morgan fingerprint density at radius 1 is 1.23 bits per heavy atom. The molecule has 0 bridgehead atoms. The molecular weight excluding hydrogens is 332 g/mol. The van der Waals surface area contributed by atoms with Crippen molar-refractivity contribution >= 4 is 17.3 Å². The summed E-state index contributed by atoms with van der Waals surface area (Å²) in [7, 11) is 0. The van der Waals surface area contributed by atoms with Crippen LogP contribution in [0, 0.1) is 0 Å². The molecule has 1 aromatic rings. The number of hydrogen-bond acceptors (Lipinski definition) is 5. The van der Waals surface area contributed by atoms with E-state index in [1.54, 1.807) is 0 Å². The van der Waals surface area contributed by atoms with Crippen LogP contribution in [0.15, 0.2) is 29.4 Å². The zero-order valence-corrected chi connectivity index (χ0v) is 15.3. The number of benzene rings is 1. The maximum atomic E-state index is 12.7. The van der Waals surface area contributed by atoms with Crippen molar-refractivity contribution in [3.05, 3.63) is 29.8 Å². The van der Waals surface area contributed by atoms with Crippen molar-refractivity contribution in [2.45, 2.75) is 57.3 Å². The van der Waals surface area contributed by atoms with Gasteiger partial charge in [-0.3, -0.25) is 4.79 Å². The highest BCUT2D eigenvalue weighted by Crippen LogP contribution is 2.34. The summed E-state index contributed by atoms with van der Waals surface area (Å²) in [6.07, 6.45) is 5.17. The largest absolute Gasteiger partial charge is 0.386 e. The van der Waals surface area contributed by atoms with Crippen LogP contribution in [-0.4, -0.2) is 43.3 Å². The van der Waals surface area contributed by atoms with Crippen LogP contribution in [-0.2, 0) is 25.5 Å². The van der Waals surface area contributed by atoms with Gasteiger partial charge in [-0.05, 0) is 44.2 Å². The van der Waals surface area contributed by atoms with E-state index in [-0.39, 0.29) is 18.6 Å². The van der Waals surface area contributed by atoms with Gasteiger partial charge in [-0.25, -0.2) is 0 Å². The molecule has 1 aliphatic carbocycles. The molecule has 6 heteroatoms. The maximum Gasteiger partial charge on any atom is 0.268 e. The van der Waals surface area contributed by atoms with E-state index in [9.17, 15) is 4.79 Å². The van der Waals surface area contributed by atoms with Gasteiger partial charge >= 0.3 is 0 Å². The summed E-state index contributed by atoms with van der Waals surface area (Å²) in [6.45, 7) is 3.40. The highest BCUT2D eigenvalue weighted by Gasteiger charge is 2.39. The molecule has 4 rings (SSSR count). The van der Waals surface area contributed by atoms with E-state index < -0.39 is 5.79 Å². The van der Waals surface area contributed by atoms with Gasteiger partial charge in [0.05, 0.1) is 18.9 Å². The van der Waals surface area contributed by atoms with Gasteiger partial charge in [0.15, 0.2) is 12.4 Å². The first-order valence-electron chi connectivity index (χ1n) is 9.52. The minimum absolute atomic E-state index is 0.0275. The van der Waals surface area contributed by atoms with Gasteiger partial charge in [-0.15, -0.1) is 0 Å². The van der Waals surface area contributed by atoms with E-state index in [4.69, 9.17) is 14.3 Å². The predicted molar refractivity (Wildman–Crippen MR) is 98.2 cm³/mol. The number of para-hydroxylation sites is 1. The standard InChI is InChI=1S/C20H26N2O4/c1-15-6-7-16-4-2-3-5-18(16)22(15)19(23)14-26-21-17-8-10-20(11-9-17)24-12-13-25-20/h2-5,15H,6-14H2,1H3/t15-/m1/s1. The van der Waals surface area contributed by atoms with Gasteiger partial charge in [0.2, 0.25) is 0 Å². The Morgan fingerprint density at radius 2 is 1.96 bits per heavy atom. The van der Waals surface area contributed by atoms with Crippen molar-refractivity contribution in [1.82, 2.24) is 0 Å². The molecule has 1 amide bonds. The molecule has 0 radical (unpaired) electrons. The fraction of sp³-hybridized carbons (Fsp3) is 0.600. The molecule has 0 aromatic heterocycles. The van der Waals surface area contributed by atoms with Crippen LogP contribution in [0.1, 0.15) is 44.6 Å². The fourth-order valence-corrected chi connectivity index (χ4v) is 4.11. The number of anilines is 1. The van der Waals surface area contributed by atoms with Crippen LogP contribution in [0.4, 0.5) is 5.69 Å². The maximum absolute atomic E-state index is 12.7. The number of carbonyl (C=O) groups excluding carboxylic acids is 1. The van der Waals surface area contributed by atoms with E-state index in [0.29, 0.717) is 13.2 Å². The molecule has 2 aliphatic heterocycles. The van der Waals surface area contributed by atoms with E-state index in [0.717, 1.165) is 49.9 Å². The molecule has 3 aliphatic rings. The quantitative estimate of drug-likeness (QED) is 0.779. The van der Waals surface area contributed by atoms with E-state index >= 15 is 0 Å². The van der Waals surface area contributed by atoms with Crippen LogP contribution >= 0.6 is 0 Å². The highest BCUT2D eigenvalue weighted by molar-refractivity contribution is 5.96. The average molecular weight is 358 g/mol. The molecule has 1 spiro atoms. The smallest absolute Gasteiger partial charge is 0.268 e. The van der Waals surface area contributed by atoms with Gasteiger partial charge in [0.25, 0.3) is 5.91 Å². The van der Waals surface area contributed by atoms with E-state index in [1.165, 1.54) is 5.56 Å². The molecule has 1 saturated heterocycles. The average Bonchev–Trinajstić information content (AvgIpc) is 3.11. The van der Waals surface area contributed by atoms with Crippen LogP contribution in [0.5, 0.6) is 0 Å².